The van der Waals surface area contributed by atoms with E-state index < -0.39 is 0 Å². The van der Waals surface area contributed by atoms with Crippen molar-refractivity contribution in [2.75, 3.05) is 0 Å². The minimum absolute atomic E-state index is 0.159. The maximum Gasteiger partial charge on any atom is 0.127 e. The van der Waals surface area contributed by atoms with Crippen molar-refractivity contribution in [1.82, 2.24) is 0 Å². The molecular formula is C14H17BrClF. The van der Waals surface area contributed by atoms with E-state index in [2.05, 4.69) is 15.9 Å². The number of benzene rings is 1. The highest BCUT2D eigenvalue weighted by molar-refractivity contribution is 9.09. The predicted octanol–water partition coefficient (Wildman–Crippen LogP) is 5.37. The van der Waals surface area contributed by atoms with Gasteiger partial charge in [0.1, 0.15) is 5.82 Å². The normalized spacial score (nSPS) is 25.6. The Morgan fingerprint density at radius 1 is 1.29 bits per heavy atom. The van der Waals surface area contributed by atoms with E-state index >= 15 is 0 Å². The lowest BCUT2D eigenvalue weighted by molar-refractivity contribution is 0.453. The van der Waals surface area contributed by atoms with Gasteiger partial charge in [0.15, 0.2) is 0 Å². The van der Waals surface area contributed by atoms with E-state index in [4.69, 9.17) is 11.6 Å². The van der Waals surface area contributed by atoms with Crippen LogP contribution >= 0.6 is 27.5 Å². The molecule has 0 N–H and O–H groups in total. The van der Waals surface area contributed by atoms with E-state index in [0.29, 0.717) is 15.8 Å². The first-order valence-electron chi connectivity index (χ1n) is 6.23. The van der Waals surface area contributed by atoms with Crippen LogP contribution in [0.25, 0.3) is 0 Å². The minimum atomic E-state index is -0.159. The summed E-state index contributed by atoms with van der Waals surface area (Å²) in [4.78, 5) is 0.602. The second-order valence-corrected chi connectivity index (χ2v) is 6.65. The molecule has 2 unspecified atom stereocenters. The molecule has 0 nitrogen and oxygen atoms in total. The van der Waals surface area contributed by atoms with Gasteiger partial charge in [0.05, 0.1) is 0 Å². The van der Waals surface area contributed by atoms with Gasteiger partial charge < -0.3 is 0 Å². The Bertz CT molecular complexity index is 380. The fourth-order valence-corrected chi connectivity index (χ4v) is 3.59. The van der Waals surface area contributed by atoms with Gasteiger partial charge in [0, 0.05) is 9.85 Å². The van der Waals surface area contributed by atoms with Crippen LogP contribution in [0.1, 0.15) is 37.7 Å². The molecule has 0 aromatic heterocycles. The number of halogens is 3. The third-order valence-corrected chi connectivity index (χ3v) is 4.56. The van der Waals surface area contributed by atoms with Crippen molar-refractivity contribution in [3.63, 3.8) is 0 Å². The third kappa shape index (κ3) is 3.96. The van der Waals surface area contributed by atoms with E-state index in [1.807, 2.05) is 6.07 Å². The Labute approximate surface area is 116 Å². The predicted molar refractivity (Wildman–Crippen MR) is 74.4 cm³/mol. The smallest absolute Gasteiger partial charge is 0.127 e. The lowest BCUT2D eigenvalue weighted by Crippen LogP contribution is -2.09. The first-order chi connectivity index (χ1) is 8.15. The number of hydrogen-bond donors (Lipinski definition) is 0. The molecule has 1 aromatic rings. The molecule has 3 heteroatoms. The van der Waals surface area contributed by atoms with Crippen LogP contribution in [0.15, 0.2) is 18.2 Å². The topological polar surface area (TPSA) is 0 Å². The fourth-order valence-electron chi connectivity index (χ4n) is 2.58. The highest BCUT2D eigenvalue weighted by atomic mass is 79.9. The Balaban J connectivity index is 2.03. The summed E-state index contributed by atoms with van der Waals surface area (Å²) in [6, 6.07) is 5.02. The molecule has 0 bridgehead atoms. The lowest BCUT2D eigenvalue weighted by Gasteiger charge is -2.16. The van der Waals surface area contributed by atoms with E-state index in [1.165, 1.54) is 31.7 Å². The molecule has 0 saturated heterocycles. The third-order valence-electron chi connectivity index (χ3n) is 3.49. The molecule has 0 heterocycles. The Morgan fingerprint density at radius 3 is 2.82 bits per heavy atom. The Morgan fingerprint density at radius 2 is 2.06 bits per heavy atom. The highest BCUT2D eigenvalue weighted by Crippen LogP contribution is 2.30. The quantitative estimate of drug-likeness (QED) is 0.508. The molecule has 94 valence electrons. The first kappa shape index (κ1) is 13.4. The first-order valence-corrected chi connectivity index (χ1v) is 7.52. The maximum atomic E-state index is 13.7. The Kier molecular flexibility index (Phi) is 4.87. The van der Waals surface area contributed by atoms with Gasteiger partial charge in [-0.3, -0.25) is 0 Å². The van der Waals surface area contributed by atoms with Crippen LogP contribution in [0.3, 0.4) is 0 Å². The molecule has 0 spiro atoms. The molecule has 1 fully saturated rings. The minimum Gasteiger partial charge on any atom is -0.207 e. The van der Waals surface area contributed by atoms with Crippen molar-refractivity contribution in [1.29, 1.82) is 0 Å². The molecule has 1 saturated carbocycles. The molecule has 0 aliphatic heterocycles. The van der Waals surface area contributed by atoms with Gasteiger partial charge in [-0.25, -0.2) is 4.39 Å². The van der Waals surface area contributed by atoms with Gasteiger partial charge in [0.2, 0.25) is 0 Å². The van der Waals surface area contributed by atoms with Gasteiger partial charge in [-0.15, -0.1) is 0 Å². The largest absolute Gasteiger partial charge is 0.207 e. The standard InChI is InChI=1S/C14H17BrClF/c15-12-4-2-1-3-10(8-12)7-11-5-6-13(16)9-14(11)17/h5-6,9-10,12H,1-4,7-8H2. The van der Waals surface area contributed by atoms with Crippen LogP contribution in [-0.4, -0.2) is 4.83 Å². The summed E-state index contributed by atoms with van der Waals surface area (Å²) in [5.41, 5.74) is 0.806. The van der Waals surface area contributed by atoms with Crippen molar-refractivity contribution < 1.29 is 4.39 Å². The zero-order valence-electron chi connectivity index (χ0n) is 9.76. The summed E-state index contributed by atoms with van der Waals surface area (Å²) in [7, 11) is 0. The van der Waals surface area contributed by atoms with Crippen LogP contribution in [0.5, 0.6) is 0 Å². The second-order valence-electron chi connectivity index (χ2n) is 4.92. The molecule has 1 aliphatic carbocycles. The van der Waals surface area contributed by atoms with Crippen molar-refractivity contribution in [2.24, 2.45) is 5.92 Å². The van der Waals surface area contributed by atoms with Crippen LogP contribution in [0, 0.1) is 11.7 Å². The van der Waals surface area contributed by atoms with Gasteiger partial charge in [0.25, 0.3) is 0 Å². The highest BCUT2D eigenvalue weighted by Gasteiger charge is 2.19. The van der Waals surface area contributed by atoms with Crippen molar-refractivity contribution in [3.05, 3.63) is 34.6 Å². The van der Waals surface area contributed by atoms with Crippen molar-refractivity contribution in [3.8, 4) is 0 Å². The molecule has 0 amide bonds. The SMILES string of the molecule is Fc1cc(Cl)ccc1CC1CCCCC(Br)C1. The maximum absolute atomic E-state index is 13.7. The summed E-state index contributed by atoms with van der Waals surface area (Å²) in [6.07, 6.45) is 7.01. The van der Waals surface area contributed by atoms with Gasteiger partial charge in [-0.1, -0.05) is 52.9 Å². The Hall–Kier alpha value is -0.0800. The monoisotopic (exact) mass is 318 g/mol. The molecular weight excluding hydrogens is 303 g/mol. The van der Waals surface area contributed by atoms with Crippen molar-refractivity contribution >= 4 is 27.5 Å². The van der Waals surface area contributed by atoms with Crippen LogP contribution < -0.4 is 0 Å². The summed E-state index contributed by atoms with van der Waals surface area (Å²) in [5, 5.41) is 0.477. The van der Waals surface area contributed by atoms with Gasteiger partial charge in [-0.05, 0) is 42.9 Å². The van der Waals surface area contributed by atoms with Gasteiger partial charge in [-0.2, -0.15) is 0 Å². The van der Waals surface area contributed by atoms with E-state index in [1.54, 1.807) is 6.07 Å². The van der Waals surface area contributed by atoms with Gasteiger partial charge >= 0.3 is 0 Å². The van der Waals surface area contributed by atoms with E-state index in [-0.39, 0.29) is 5.82 Å². The molecule has 1 aromatic carbocycles. The van der Waals surface area contributed by atoms with Crippen molar-refractivity contribution in [2.45, 2.75) is 43.4 Å². The number of rotatable bonds is 2. The fraction of sp³-hybridized carbons (Fsp3) is 0.571. The van der Waals surface area contributed by atoms with Crippen LogP contribution in [0.4, 0.5) is 4.39 Å². The molecule has 17 heavy (non-hydrogen) atoms. The molecule has 1 aliphatic rings. The zero-order chi connectivity index (χ0) is 12.3. The van der Waals surface area contributed by atoms with Crippen LogP contribution in [0.2, 0.25) is 5.02 Å². The second kappa shape index (κ2) is 6.19. The summed E-state index contributed by atoms with van der Waals surface area (Å²) in [6.45, 7) is 0. The number of alkyl halides is 1. The number of hydrogen-bond acceptors (Lipinski definition) is 0. The lowest BCUT2D eigenvalue weighted by atomic mass is 9.92. The molecule has 2 rings (SSSR count). The zero-order valence-corrected chi connectivity index (χ0v) is 12.1. The summed E-state index contributed by atoms with van der Waals surface area (Å²) in [5.74, 6) is 0.436. The van der Waals surface area contributed by atoms with E-state index in [9.17, 15) is 4.39 Å². The van der Waals surface area contributed by atoms with Crippen LogP contribution in [-0.2, 0) is 6.42 Å². The summed E-state index contributed by atoms with van der Waals surface area (Å²) < 4.78 is 13.7. The average molecular weight is 320 g/mol. The summed E-state index contributed by atoms with van der Waals surface area (Å²) >= 11 is 9.47. The molecule has 0 radical (unpaired) electrons. The average Bonchev–Trinajstić information content (AvgIpc) is 2.47. The van der Waals surface area contributed by atoms with E-state index in [0.717, 1.165) is 18.4 Å². The molecule has 2 atom stereocenters.